The molecule has 0 aliphatic heterocycles. The number of aliphatic imine (C=N–C) groups is 1. The fourth-order valence-electron chi connectivity index (χ4n) is 5.62. The molecule has 0 unspecified atom stereocenters. The number of aromatic amines is 1. The zero-order chi connectivity index (χ0) is 29.0. The maximum Gasteiger partial charge on any atom is 0.109 e. The van der Waals surface area contributed by atoms with Gasteiger partial charge in [0.2, 0.25) is 0 Å². The van der Waals surface area contributed by atoms with Crippen molar-refractivity contribution in [2.75, 3.05) is 12.4 Å². The third kappa shape index (κ3) is 4.45. The minimum absolute atomic E-state index is 0.320. The van der Waals surface area contributed by atoms with Gasteiger partial charge in [-0.1, -0.05) is 77.3 Å². The van der Waals surface area contributed by atoms with E-state index < -0.39 is 0 Å². The van der Waals surface area contributed by atoms with Crippen LogP contribution < -0.4 is 5.32 Å². The van der Waals surface area contributed by atoms with Gasteiger partial charge in [0, 0.05) is 57.0 Å². The Morgan fingerprint density at radius 1 is 0.951 bits per heavy atom. The summed E-state index contributed by atoms with van der Waals surface area (Å²) in [6.45, 7) is 19.2. The summed E-state index contributed by atoms with van der Waals surface area (Å²) in [4.78, 5) is 12.9. The lowest BCUT2D eigenvalue weighted by Gasteiger charge is -2.21. The Labute approximate surface area is 245 Å². The molecule has 4 aromatic carbocycles. The summed E-state index contributed by atoms with van der Waals surface area (Å²) < 4.78 is 2.51. The van der Waals surface area contributed by atoms with E-state index in [1.54, 1.807) is 0 Å². The van der Waals surface area contributed by atoms with Gasteiger partial charge in [-0.15, -0.1) is 11.3 Å². The van der Waals surface area contributed by atoms with Crippen LogP contribution in [0.1, 0.15) is 56.1 Å². The first-order chi connectivity index (χ1) is 19.7. The standard InChI is InChI=1S/C36H36N4S/c1-9-25-21(6)33(38-22(7)19(2)3)27-13-11-23(16-29(27)30(25)18-37-8)24-10-12-26-28-14-15-31-34(35(28)41-32(26)17-24)40-36(39-31)20(4)5/h9-20,38H,1,7H2,2-6,8H3,(H,39,40). The molecular weight excluding hydrogens is 520 g/mol. The minimum atomic E-state index is 0.320. The summed E-state index contributed by atoms with van der Waals surface area (Å²) in [5, 5.41) is 8.45. The first-order valence-corrected chi connectivity index (χ1v) is 15.0. The Bertz CT molecular complexity index is 2030. The van der Waals surface area contributed by atoms with Gasteiger partial charge in [0.25, 0.3) is 0 Å². The molecule has 41 heavy (non-hydrogen) atoms. The SMILES string of the molecule is C=Cc1c(C)c(NC(=C)C(C)C)c2ccc(-c3ccc4c(c3)sc3c4ccc4[nH]c(C(C)C)nc43)cc2c1C=NC. The summed E-state index contributed by atoms with van der Waals surface area (Å²) >= 11 is 1.82. The van der Waals surface area contributed by atoms with Crippen LogP contribution in [0.3, 0.4) is 0 Å². The monoisotopic (exact) mass is 556 g/mol. The summed E-state index contributed by atoms with van der Waals surface area (Å²) in [6.07, 6.45) is 3.89. The Morgan fingerprint density at radius 3 is 2.34 bits per heavy atom. The highest BCUT2D eigenvalue weighted by Crippen LogP contribution is 2.41. The zero-order valence-corrected chi connectivity index (χ0v) is 25.5. The Morgan fingerprint density at radius 2 is 1.66 bits per heavy atom. The minimum Gasteiger partial charge on any atom is -0.358 e. The van der Waals surface area contributed by atoms with Crippen molar-refractivity contribution in [3.63, 3.8) is 0 Å². The summed E-state index contributed by atoms with van der Waals surface area (Å²) in [5.41, 5.74) is 9.92. The number of rotatable bonds is 7. The third-order valence-electron chi connectivity index (χ3n) is 8.08. The number of thiophene rings is 1. The van der Waals surface area contributed by atoms with E-state index in [-0.39, 0.29) is 0 Å². The quantitative estimate of drug-likeness (QED) is 0.192. The van der Waals surface area contributed by atoms with Crippen molar-refractivity contribution in [3.05, 3.63) is 89.9 Å². The molecule has 0 fully saturated rings. The Balaban J connectivity index is 1.54. The topological polar surface area (TPSA) is 53.1 Å². The van der Waals surface area contributed by atoms with E-state index in [1.165, 1.54) is 31.3 Å². The maximum absolute atomic E-state index is 4.96. The predicted octanol–water partition coefficient (Wildman–Crippen LogP) is 10.5. The normalized spacial score (nSPS) is 12.2. The molecule has 6 aromatic rings. The van der Waals surface area contributed by atoms with Crippen LogP contribution in [-0.2, 0) is 0 Å². The molecule has 0 saturated heterocycles. The molecule has 0 aliphatic rings. The molecule has 2 aromatic heterocycles. The van der Waals surface area contributed by atoms with Crippen molar-refractivity contribution in [1.82, 2.24) is 9.97 Å². The van der Waals surface area contributed by atoms with Crippen LogP contribution in [0.15, 0.2) is 72.4 Å². The van der Waals surface area contributed by atoms with Crippen molar-refractivity contribution >= 4 is 71.3 Å². The fraction of sp³-hybridized carbons (Fsp3) is 0.222. The maximum atomic E-state index is 4.96. The van der Waals surface area contributed by atoms with Crippen LogP contribution in [-0.4, -0.2) is 23.2 Å². The summed E-state index contributed by atoms with van der Waals surface area (Å²) in [7, 11) is 1.82. The molecule has 206 valence electrons. The predicted molar refractivity (Wildman–Crippen MR) is 182 cm³/mol. The van der Waals surface area contributed by atoms with Crippen molar-refractivity contribution in [1.29, 1.82) is 0 Å². The Kier molecular flexibility index (Phi) is 6.79. The van der Waals surface area contributed by atoms with Crippen molar-refractivity contribution < 1.29 is 0 Å². The summed E-state index contributed by atoms with van der Waals surface area (Å²) in [6, 6.07) is 17.9. The molecule has 0 aliphatic carbocycles. The van der Waals surface area contributed by atoms with E-state index >= 15 is 0 Å². The summed E-state index contributed by atoms with van der Waals surface area (Å²) in [5.74, 6) is 1.72. The molecule has 0 amide bonds. The largest absolute Gasteiger partial charge is 0.358 e. The van der Waals surface area contributed by atoms with Gasteiger partial charge in [-0.25, -0.2) is 4.98 Å². The van der Waals surface area contributed by atoms with Crippen LogP contribution in [0.5, 0.6) is 0 Å². The number of anilines is 1. The average molecular weight is 557 g/mol. The van der Waals surface area contributed by atoms with Gasteiger partial charge in [0.05, 0.1) is 10.2 Å². The van der Waals surface area contributed by atoms with Gasteiger partial charge in [-0.05, 0) is 58.7 Å². The number of nitrogens with zero attached hydrogens (tertiary/aromatic N) is 2. The van der Waals surface area contributed by atoms with Gasteiger partial charge in [0.1, 0.15) is 11.3 Å². The highest BCUT2D eigenvalue weighted by molar-refractivity contribution is 7.26. The molecule has 4 nitrogen and oxygen atoms in total. The molecule has 2 heterocycles. The number of H-pyrrole nitrogens is 1. The number of nitrogens with one attached hydrogen (secondary N) is 2. The average Bonchev–Trinajstić information content (AvgIpc) is 3.56. The number of allylic oxidation sites excluding steroid dienone is 1. The highest BCUT2D eigenvalue weighted by Gasteiger charge is 2.18. The second-order valence-electron chi connectivity index (χ2n) is 11.4. The number of hydrogen-bond donors (Lipinski definition) is 2. The molecule has 0 radical (unpaired) electrons. The molecule has 5 heteroatoms. The van der Waals surface area contributed by atoms with Crippen molar-refractivity contribution in [2.45, 2.75) is 40.5 Å². The van der Waals surface area contributed by atoms with Gasteiger partial charge >= 0.3 is 0 Å². The fourth-order valence-corrected chi connectivity index (χ4v) is 6.86. The molecular formula is C36H36N4S. The second kappa shape index (κ2) is 10.3. The zero-order valence-electron chi connectivity index (χ0n) is 24.6. The van der Waals surface area contributed by atoms with Crippen molar-refractivity contribution in [3.8, 4) is 11.1 Å². The molecule has 2 N–H and O–H groups in total. The smallest absolute Gasteiger partial charge is 0.109 e. The van der Waals surface area contributed by atoms with Crippen molar-refractivity contribution in [2.24, 2.45) is 10.9 Å². The molecule has 6 rings (SSSR count). The lowest BCUT2D eigenvalue weighted by molar-refractivity contribution is 0.778. The first-order valence-electron chi connectivity index (χ1n) is 14.2. The van der Waals surface area contributed by atoms with Crippen LogP contribution in [0.4, 0.5) is 5.69 Å². The number of benzene rings is 4. The van der Waals surface area contributed by atoms with E-state index in [9.17, 15) is 0 Å². The van der Waals surface area contributed by atoms with Crippen LogP contribution in [0, 0.1) is 12.8 Å². The third-order valence-corrected chi connectivity index (χ3v) is 9.26. The van der Waals surface area contributed by atoms with Gasteiger partial charge in [-0.3, -0.25) is 4.99 Å². The molecule has 0 bridgehead atoms. The number of imidazole rings is 1. The number of hydrogen-bond acceptors (Lipinski definition) is 4. The Hall–Kier alpha value is -4.22. The van der Waals surface area contributed by atoms with Crippen LogP contribution in [0.25, 0.3) is 59.2 Å². The number of aromatic nitrogens is 2. The van der Waals surface area contributed by atoms with Crippen LogP contribution >= 0.6 is 11.3 Å². The lowest BCUT2D eigenvalue weighted by atomic mass is 9.90. The highest BCUT2D eigenvalue weighted by atomic mass is 32.1. The molecule has 0 saturated carbocycles. The second-order valence-corrected chi connectivity index (χ2v) is 12.5. The lowest BCUT2D eigenvalue weighted by Crippen LogP contribution is -2.08. The van der Waals surface area contributed by atoms with Gasteiger partial charge < -0.3 is 10.3 Å². The van der Waals surface area contributed by atoms with Crippen LogP contribution in [0.2, 0.25) is 0 Å². The first kappa shape index (κ1) is 27.0. The van der Waals surface area contributed by atoms with E-state index in [0.717, 1.165) is 55.7 Å². The van der Waals surface area contributed by atoms with E-state index in [4.69, 9.17) is 4.98 Å². The molecule has 0 spiro atoms. The van der Waals surface area contributed by atoms with E-state index in [0.29, 0.717) is 11.8 Å². The van der Waals surface area contributed by atoms with E-state index in [2.05, 4.69) is 112 Å². The number of fused-ring (bicyclic) bond motifs is 6. The van der Waals surface area contributed by atoms with Gasteiger partial charge in [0.15, 0.2) is 0 Å². The van der Waals surface area contributed by atoms with Gasteiger partial charge in [-0.2, -0.15) is 0 Å². The van der Waals surface area contributed by atoms with E-state index in [1.807, 2.05) is 30.7 Å². The molecule has 0 atom stereocenters.